The minimum atomic E-state index is -0.209. The van der Waals surface area contributed by atoms with Gasteiger partial charge in [-0.05, 0) is 37.9 Å². The Morgan fingerprint density at radius 3 is 2.80 bits per heavy atom. The maximum absolute atomic E-state index is 11.5. The van der Waals surface area contributed by atoms with Crippen LogP contribution in [0.3, 0.4) is 0 Å². The summed E-state index contributed by atoms with van der Waals surface area (Å²) >= 11 is 6.02. The molecule has 2 unspecified atom stereocenters. The highest BCUT2D eigenvalue weighted by molar-refractivity contribution is 6.31. The van der Waals surface area contributed by atoms with Gasteiger partial charge in [-0.25, -0.2) is 0 Å². The molecule has 0 aliphatic carbocycles. The SMILES string of the molecule is CC(=O)c1cc(Cl)cc(CN2CCC(C)C2CO)c1O. The second-order valence-corrected chi connectivity index (χ2v) is 5.94. The zero-order valence-electron chi connectivity index (χ0n) is 11.8. The zero-order valence-corrected chi connectivity index (χ0v) is 12.5. The molecule has 0 amide bonds. The molecule has 1 fully saturated rings. The molecular weight excluding hydrogens is 278 g/mol. The molecule has 0 spiro atoms. The molecule has 110 valence electrons. The number of benzene rings is 1. The van der Waals surface area contributed by atoms with Crippen LogP contribution in [0.1, 0.15) is 36.2 Å². The zero-order chi connectivity index (χ0) is 14.9. The lowest BCUT2D eigenvalue weighted by Crippen LogP contribution is -2.34. The Kier molecular flexibility index (Phi) is 4.68. The van der Waals surface area contributed by atoms with Gasteiger partial charge in [-0.15, -0.1) is 0 Å². The Bertz CT molecular complexity index is 518. The van der Waals surface area contributed by atoms with Gasteiger partial charge in [0.15, 0.2) is 5.78 Å². The van der Waals surface area contributed by atoms with E-state index in [-0.39, 0.29) is 29.7 Å². The van der Waals surface area contributed by atoms with E-state index in [1.807, 2.05) is 0 Å². The molecule has 2 rings (SSSR count). The molecule has 4 nitrogen and oxygen atoms in total. The maximum atomic E-state index is 11.5. The van der Waals surface area contributed by atoms with Gasteiger partial charge in [0.25, 0.3) is 0 Å². The standard InChI is InChI=1S/C15H20ClNO3/c1-9-3-4-17(14(9)8-18)7-11-5-12(16)6-13(10(2)19)15(11)20/h5-6,9,14,18,20H,3-4,7-8H2,1-2H3. The van der Waals surface area contributed by atoms with Crippen LogP contribution >= 0.6 is 11.6 Å². The van der Waals surface area contributed by atoms with Crippen LogP contribution in [0, 0.1) is 5.92 Å². The number of aliphatic hydroxyl groups is 1. The number of carbonyl (C=O) groups excluding carboxylic acids is 1. The highest BCUT2D eigenvalue weighted by Crippen LogP contribution is 2.32. The molecule has 0 radical (unpaired) electrons. The number of ketones is 1. The number of phenolic OH excluding ortho intramolecular Hbond substituents is 1. The van der Waals surface area contributed by atoms with Gasteiger partial charge in [-0.3, -0.25) is 9.69 Å². The normalized spacial score (nSPS) is 23.2. The van der Waals surface area contributed by atoms with Crippen molar-refractivity contribution in [1.82, 2.24) is 4.90 Å². The first kappa shape index (κ1) is 15.3. The number of hydrogen-bond acceptors (Lipinski definition) is 4. The van der Waals surface area contributed by atoms with Crippen molar-refractivity contribution >= 4 is 17.4 Å². The summed E-state index contributed by atoms with van der Waals surface area (Å²) in [5, 5.41) is 20.1. The van der Waals surface area contributed by atoms with Gasteiger partial charge >= 0.3 is 0 Å². The van der Waals surface area contributed by atoms with E-state index in [9.17, 15) is 15.0 Å². The van der Waals surface area contributed by atoms with Crippen LogP contribution in [0.2, 0.25) is 5.02 Å². The fourth-order valence-electron chi connectivity index (χ4n) is 2.84. The van der Waals surface area contributed by atoms with Crippen LogP contribution < -0.4 is 0 Å². The van der Waals surface area contributed by atoms with Crippen LogP contribution in [0.4, 0.5) is 0 Å². The van der Waals surface area contributed by atoms with Crippen LogP contribution in [-0.4, -0.2) is 40.1 Å². The van der Waals surface area contributed by atoms with Crippen LogP contribution in [0.5, 0.6) is 5.75 Å². The van der Waals surface area contributed by atoms with E-state index >= 15 is 0 Å². The minimum Gasteiger partial charge on any atom is -0.507 e. The van der Waals surface area contributed by atoms with E-state index in [0.717, 1.165) is 13.0 Å². The largest absolute Gasteiger partial charge is 0.507 e. The van der Waals surface area contributed by atoms with E-state index in [0.29, 0.717) is 23.0 Å². The molecule has 1 aliphatic rings. The monoisotopic (exact) mass is 297 g/mol. The van der Waals surface area contributed by atoms with Gasteiger partial charge in [-0.1, -0.05) is 18.5 Å². The van der Waals surface area contributed by atoms with Crippen LogP contribution in [0.25, 0.3) is 0 Å². The maximum Gasteiger partial charge on any atom is 0.163 e. The summed E-state index contributed by atoms with van der Waals surface area (Å²) in [7, 11) is 0. The number of hydrogen-bond donors (Lipinski definition) is 2. The van der Waals surface area contributed by atoms with Gasteiger partial charge in [0.1, 0.15) is 5.75 Å². The lowest BCUT2D eigenvalue weighted by molar-refractivity contribution is 0.101. The third kappa shape index (κ3) is 2.97. The van der Waals surface area contributed by atoms with Gasteiger partial charge in [0, 0.05) is 23.2 Å². The van der Waals surface area contributed by atoms with Crippen LogP contribution in [0.15, 0.2) is 12.1 Å². The van der Waals surface area contributed by atoms with Crippen molar-refractivity contribution in [2.24, 2.45) is 5.92 Å². The minimum absolute atomic E-state index is 0.00172. The van der Waals surface area contributed by atoms with Crippen LogP contribution in [-0.2, 0) is 6.54 Å². The summed E-state index contributed by atoms with van der Waals surface area (Å²) in [6.45, 7) is 4.97. The van der Waals surface area contributed by atoms with E-state index in [1.54, 1.807) is 6.07 Å². The lowest BCUT2D eigenvalue weighted by atomic mass is 10.0. The van der Waals surface area contributed by atoms with E-state index in [4.69, 9.17) is 11.6 Å². The summed E-state index contributed by atoms with van der Waals surface area (Å²) in [4.78, 5) is 13.6. The predicted octanol–water partition coefficient (Wildman–Crippen LogP) is 2.45. The number of carbonyl (C=O) groups is 1. The van der Waals surface area contributed by atoms with Crippen molar-refractivity contribution in [3.05, 3.63) is 28.3 Å². The van der Waals surface area contributed by atoms with E-state index in [1.165, 1.54) is 13.0 Å². The highest BCUT2D eigenvalue weighted by atomic mass is 35.5. The molecule has 1 aliphatic heterocycles. The van der Waals surface area contributed by atoms with Crippen molar-refractivity contribution in [3.8, 4) is 5.75 Å². The Hall–Kier alpha value is -1.10. The van der Waals surface area contributed by atoms with E-state index in [2.05, 4.69) is 11.8 Å². The van der Waals surface area contributed by atoms with Crippen molar-refractivity contribution < 1.29 is 15.0 Å². The van der Waals surface area contributed by atoms with Gasteiger partial charge in [0.2, 0.25) is 0 Å². The van der Waals surface area contributed by atoms with Crippen molar-refractivity contribution in [1.29, 1.82) is 0 Å². The number of likely N-dealkylation sites (tertiary alicyclic amines) is 1. The molecule has 0 bridgehead atoms. The lowest BCUT2D eigenvalue weighted by Gasteiger charge is -2.25. The quantitative estimate of drug-likeness (QED) is 0.838. The first-order valence-corrected chi connectivity index (χ1v) is 7.19. The Balaban J connectivity index is 2.28. The molecular formula is C15H20ClNO3. The number of rotatable bonds is 4. The smallest absolute Gasteiger partial charge is 0.163 e. The molecule has 0 saturated carbocycles. The molecule has 1 heterocycles. The molecule has 1 aromatic rings. The molecule has 20 heavy (non-hydrogen) atoms. The summed E-state index contributed by atoms with van der Waals surface area (Å²) in [6, 6.07) is 3.26. The highest BCUT2D eigenvalue weighted by Gasteiger charge is 2.31. The molecule has 2 atom stereocenters. The number of Topliss-reactive ketones (excluding diaryl/α,β-unsaturated/α-hetero) is 1. The number of halogens is 1. The van der Waals surface area contributed by atoms with E-state index < -0.39 is 0 Å². The predicted molar refractivity (Wildman–Crippen MR) is 78.2 cm³/mol. The molecule has 2 N–H and O–H groups in total. The number of phenols is 1. The summed E-state index contributed by atoms with van der Waals surface area (Å²) in [6.07, 6.45) is 1.02. The Labute approximate surface area is 124 Å². The number of nitrogens with zero attached hydrogens (tertiary/aromatic N) is 1. The summed E-state index contributed by atoms with van der Waals surface area (Å²) in [5.74, 6) is 0.214. The van der Waals surface area contributed by atoms with Gasteiger partial charge < -0.3 is 10.2 Å². The van der Waals surface area contributed by atoms with Crippen molar-refractivity contribution in [2.75, 3.05) is 13.2 Å². The average molecular weight is 298 g/mol. The van der Waals surface area contributed by atoms with Gasteiger partial charge in [0.05, 0.1) is 12.2 Å². The van der Waals surface area contributed by atoms with Gasteiger partial charge in [-0.2, -0.15) is 0 Å². The molecule has 0 aromatic heterocycles. The first-order chi connectivity index (χ1) is 9.43. The topological polar surface area (TPSA) is 60.8 Å². The molecule has 1 saturated heterocycles. The summed E-state index contributed by atoms with van der Waals surface area (Å²) in [5.41, 5.74) is 0.885. The molecule has 5 heteroatoms. The number of aliphatic hydroxyl groups excluding tert-OH is 1. The fraction of sp³-hybridized carbons (Fsp3) is 0.533. The average Bonchev–Trinajstić information content (AvgIpc) is 2.73. The Morgan fingerprint density at radius 1 is 1.50 bits per heavy atom. The van der Waals surface area contributed by atoms with Crippen molar-refractivity contribution in [2.45, 2.75) is 32.9 Å². The first-order valence-electron chi connectivity index (χ1n) is 6.81. The third-order valence-electron chi connectivity index (χ3n) is 4.09. The number of aromatic hydroxyl groups is 1. The molecule has 1 aromatic carbocycles. The second kappa shape index (κ2) is 6.12. The summed E-state index contributed by atoms with van der Waals surface area (Å²) < 4.78 is 0. The fourth-order valence-corrected chi connectivity index (χ4v) is 3.08. The Morgan fingerprint density at radius 2 is 2.20 bits per heavy atom. The third-order valence-corrected chi connectivity index (χ3v) is 4.31. The van der Waals surface area contributed by atoms with Crippen molar-refractivity contribution in [3.63, 3.8) is 0 Å². The second-order valence-electron chi connectivity index (χ2n) is 5.50.